The van der Waals surface area contributed by atoms with E-state index in [4.69, 9.17) is 16.3 Å². The van der Waals surface area contributed by atoms with Crippen LogP contribution >= 0.6 is 11.6 Å². The number of amides is 2. The number of piperidine rings is 1. The lowest BCUT2D eigenvalue weighted by atomic mass is 10.0. The van der Waals surface area contributed by atoms with Crippen LogP contribution in [0, 0.1) is 5.82 Å². The zero-order chi connectivity index (χ0) is 32.6. The van der Waals surface area contributed by atoms with Gasteiger partial charge in [0.1, 0.15) is 29.5 Å². The number of benzene rings is 2. The van der Waals surface area contributed by atoms with E-state index in [9.17, 15) is 18.8 Å². The number of halogens is 2. The van der Waals surface area contributed by atoms with E-state index < -0.39 is 5.82 Å². The van der Waals surface area contributed by atoms with Crippen LogP contribution in [-0.4, -0.2) is 101 Å². The molecule has 2 aliphatic rings. The van der Waals surface area contributed by atoms with Crippen molar-refractivity contribution in [3.05, 3.63) is 59.7 Å². The van der Waals surface area contributed by atoms with Gasteiger partial charge in [-0.2, -0.15) is 0 Å². The number of piperazine rings is 1. The van der Waals surface area contributed by atoms with E-state index in [-0.39, 0.29) is 22.6 Å². The summed E-state index contributed by atoms with van der Waals surface area (Å²) in [5.74, 6) is 0.226. The minimum Gasteiger partial charge on any atom is -0.494 e. The van der Waals surface area contributed by atoms with Gasteiger partial charge in [-0.1, -0.05) is 17.7 Å². The first-order chi connectivity index (χ1) is 22.2. The third-order valence-corrected chi connectivity index (χ3v) is 8.75. The summed E-state index contributed by atoms with van der Waals surface area (Å²) in [7, 11) is 1.52. The first kappa shape index (κ1) is 33.2. The Hall–Kier alpha value is -4.13. The zero-order valence-electron chi connectivity index (χ0n) is 26.1. The van der Waals surface area contributed by atoms with Crippen LogP contribution in [0.15, 0.2) is 48.8 Å². The van der Waals surface area contributed by atoms with E-state index in [0.29, 0.717) is 72.4 Å². The minimum atomic E-state index is -0.518. The average molecular weight is 652 g/mol. The number of carbonyl (C=O) groups is 3. The summed E-state index contributed by atoms with van der Waals surface area (Å²) >= 11 is 5.94. The number of nitrogens with one attached hydrogen (secondary N) is 2. The molecule has 0 saturated carbocycles. The Balaban J connectivity index is 1.12. The van der Waals surface area contributed by atoms with Gasteiger partial charge in [0.25, 0.3) is 0 Å². The van der Waals surface area contributed by atoms with Gasteiger partial charge in [-0.25, -0.2) is 14.4 Å². The molecular formula is C33H39ClFN7O4. The highest BCUT2D eigenvalue weighted by molar-refractivity contribution is 6.31. The molecule has 2 N–H and O–H groups in total. The number of likely N-dealkylation sites (tertiary alicyclic amines) is 1. The van der Waals surface area contributed by atoms with Gasteiger partial charge in [0.15, 0.2) is 0 Å². The number of hydrogen-bond acceptors (Lipinski definition) is 9. The number of Topliss-reactive ketones (excluding diaryl/α,β-unsaturated/α-hetero) is 1. The van der Waals surface area contributed by atoms with Crippen molar-refractivity contribution in [3.8, 4) is 5.75 Å². The number of methoxy groups -OCH3 is 1. The van der Waals surface area contributed by atoms with Crippen LogP contribution in [0.4, 0.5) is 21.6 Å². The first-order valence-electron chi connectivity index (χ1n) is 15.5. The standard InChI is InChI=1S/C33H39ClFN7O4/c1-22(43)5-8-32(45)42-16-14-41(15-17-42)24-9-12-40(13-10-24)11-3-4-31(44)39-29-19-25-28(20-30(29)46-2)36-21-37-33(25)38-23-6-7-27(35)26(34)18-23/h3-4,6-7,18-21,24H,5,8-17H2,1-2H3,(H,39,44)(H,36,37,38)/b4-3+. The van der Waals surface area contributed by atoms with Crippen molar-refractivity contribution in [3.63, 3.8) is 0 Å². The molecule has 0 bridgehead atoms. The second-order valence-electron chi connectivity index (χ2n) is 11.6. The lowest BCUT2D eigenvalue weighted by Gasteiger charge is -2.42. The predicted molar refractivity (Wildman–Crippen MR) is 176 cm³/mol. The number of ether oxygens (including phenoxy) is 1. The molecule has 11 nitrogen and oxygen atoms in total. The van der Waals surface area contributed by atoms with E-state index in [1.807, 2.05) is 11.0 Å². The Morgan fingerprint density at radius 1 is 1.04 bits per heavy atom. The van der Waals surface area contributed by atoms with Crippen molar-refractivity contribution in [2.45, 2.75) is 38.6 Å². The maximum absolute atomic E-state index is 13.6. The normalized spacial score (nSPS) is 16.6. The molecule has 0 unspecified atom stereocenters. The number of nitrogens with zero attached hydrogens (tertiary/aromatic N) is 5. The van der Waals surface area contributed by atoms with Gasteiger partial charge in [-0.15, -0.1) is 0 Å². The molecule has 3 heterocycles. The summed E-state index contributed by atoms with van der Waals surface area (Å²) in [4.78, 5) is 51.8. The summed E-state index contributed by atoms with van der Waals surface area (Å²) in [6, 6.07) is 8.23. The highest BCUT2D eigenvalue weighted by Gasteiger charge is 2.28. The highest BCUT2D eigenvalue weighted by Crippen LogP contribution is 2.33. The van der Waals surface area contributed by atoms with Gasteiger partial charge in [-0.3, -0.25) is 19.4 Å². The van der Waals surface area contributed by atoms with E-state index in [1.54, 1.807) is 18.2 Å². The molecule has 0 aliphatic carbocycles. The van der Waals surface area contributed by atoms with Crippen LogP contribution in [-0.2, 0) is 14.4 Å². The number of carbonyl (C=O) groups excluding carboxylic acids is 3. The van der Waals surface area contributed by atoms with Crippen molar-refractivity contribution < 1.29 is 23.5 Å². The predicted octanol–water partition coefficient (Wildman–Crippen LogP) is 4.65. The molecule has 0 radical (unpaired) electrons. The summed E-state index contributed by atoms with van der Waals surface area (Å²) in [5.41, 5.74) is 1.61. The molecule has 13 heteroatoms. The quantitative estimate of drug-likeness (QED) is 0.286. The van der Waals surface area contributed by atoms with Gasteiger partial charge in [-0.05, 0) is 57.1 Å². The van der Waals surface area contributed by atoms with E-state index in [0.717, 1.165) is 39.0 Å². The van der Waals surface area contributed by atoms with Gasteiger partial charge in [0.05, 0.1) is 23.3 Å². The van der Waals surface area contributed by atoms with Gasteiger partial charge in [0.2, 0.25) is 11.8 Å². The van der Waals surface area contributed by atoms with Crippen LogP contribution < -0.4 is 15.4 Å². The van der Waals surface area contributed by atoms with Crippen molar-refractivity contribution in [1.29, 1.82) is 0 Å². The summed E-state index contributed by atoms with van der Waals surface area (Å²) in [6.07, 6.45) is 7.49. The number of hydrogen-bond donors (Lipinski definition) is 2. The van der Waals surface area contributed by atoms with Crippen molar-refractivity contribution in [2.75, 3.05) is 63.6 Å². The fourth-order valence-electron chi connectivity index (χ4n) is 5.89. The lowest BCUT2D eigenvalue weighted by Crippen LogP contribution is -2.54. The minimum absolute atomic E-state index is 0.0133. The topological polar surface area (TPSA) is 120 Å². The molecule has 0 spiro atoms. The van der Waals surface area contributed by atoms with Crippen LogP contribution in [0.1, 0.15) is 32.6 Å². The number of anilines is 3. The smallest absolute Gasteiger partial charge is 0.248 e. The van der Waals surface area contributed by atoms with Gasteiger partial charge in [0, 0.05) is 74.8 Å². The van der Waals surface area contributed by atoms with Gasteiger partial charge < -0.3 is 25.1 Å². The SMILES string of the molecule is COc1cc2ncnc(Nc3ccc(F)c(Cl)c3)c2cc1NC(=O)/C=C/CN1CCC(N2CCN(C(=O)CCC(C)=O)CC2)CC1. The van der Waals surface area contributed by atoms with E-state index >= 15 is 0 Å². The number of rotatable bonds is 11. The third-order valence-electron chi connectivity index (χ3n) is 8.46. The number of fused-ring (bicyclic) bond motifs is 1. The molecule has 1 aromatic heterocycles. The van der Waals surface area contributed by atoms with Crippen LogP contribution in [0.2, 0.25) is 5.02 Å². The third kappa shape index (κ3) is 8.56. The Labute approximate surface area is 272 Å². The highest BCUT2D eigenvalue weighted by atomic mass is 35.5. The van der Waals surface area contributed by atoms with E-state index in [2.05, 4.69) is 30.4 Å². The maximum Gasteiger partial charge on any atom is 0.248 e. The van der Waals surface area contributed by atoms with Gasteiger partial charge >= 0.3 is 0 Å². The van der Waals surface area contributed by atoms with Crippen molar-refractivity contribution in [2.24, 2.45) is 0 Å². The molecular weight excluding hydrogens is 613 g/mol. The molecule has 5 rings (SSSR count). The van der Waals surface area contributed by atoms with Crippen LogP contribution in [0.5, 0.6) is 5.75 Å². The van der Waals surface area contributed by atoms with E-state index in [1.165, 1.54) is 38.6 Å². The fourth-order valence-corrected chi connectivity index (χ4v) is 6.07. The monoisotopic (exact) mass is 651 g/mol. The van der Waals surface area contributed by atoms with Crippen LogP contribution in [0.25, 0.3) is 10.9 Å². The van der Waals surface area contributed by atoms with Crippen molar-refractivity contribution in [1.82, 2.24) is 24.7 Å². The largest absolute Gasteiger partial charge is 0.494 e. The Kier molecular flexibility index (Phi) is 11.2. The summed E-state index contributed by atoms with van der Waals surface area (Å²) in [5, 5.41) is 6.66. The van der Waals surface area contributed by atoms with Crippen LogP contribution in [0.3, 0.4) is 0 Å². The lowest BCUT2D eigenvalue weighted by molar-refractivity contribution is -0.135. The fraction of sp³-hybridized carbons (Fsp3) is 0.424. The molecule has 0 atom stereocenters. The number of aromatic nitrogens is 2. The Morgan fingerprint density at radius 3 is 2.50 bits per heavy atom. The molecule has 46 heavy (non-hydrogen) atoms. The molecule has 2 amide bonds. The van der Waals surface area contributed by atoms with Crippen molar-refractivity contribution >= 4 is 57.3 Å². The summed E-state index contributed by atoms with van der Waals surface area (Å²) < 4.78 is 19.1. The molecule has 244 valence electrons. The molecule has 2 aliphatic heterocycles. The Morgan fingerprint density at radius 2 is 1.80 bits per heavy atom. The second-order valence-corrected chi connectivity index (χ2v) is 12.0. The molecule has 3 aromatic rings. The first-order valence-corrected chi connectivity index (χ1v) is 15.8. The molecule has 2 fully saturated rings. The average Bonchev–Trinajstić information content (AvgIpc) is 3.05. The number of ketones is 1. The molecule has 2 aromatic carbocycles. The zero-order valence-corrected chi connectivity index (χ0v) is 26.9. The maximum atomic E-state index is 13.6. The summed E-state index contributed by atoms with van der Waals surface area (Å²) in [6.45, 7) is 7.19. The Bertz CT molecular complexity index is 1600. The second kappa shape index (κ2) is 15.4. The molecule has 2 saturated heterocycles.